The quantitative estimate of drug-likeness (QED) is 0.902. The van der Waals surface area contributed by atoms with Crippen LogP contribution < -0.4 is 5.32 Å². The number of carbonyl (C=O) groups is 1. The summed E-state index contributed by atoms with van der Waals surface area (Å²) in [5.41, 5.74) is 0.784. The topological polar surface area (TPSA) is 32.3 Å². The van der Waals surface area contributed by atoms with Gasteiger partial charge in [-0.2, -0.15) is 0 Å². The van der Waals surface area contributed by atoms with E-state index in [1.165, 1.54) is 19.3 Å². The molecule has 1 amide bonds. The first-order chi connectivity index (χ1) is 9.18. The Bertz CT molecular complexity index is 396. The molecule has 3 heteroatoms. The van der Waals surface area contributed by atoms with Crippen LogP contribution in [0.3, 0.4) is 0 Å². The molecule has 0 aliphatic carbocycles. The number of piperidine rings is 1. The third-order valence-corrected chi connectivity index (χ3v) is 3.73. The Hall–Kier alpha value is -1.35. The van der Waals surface area contributed by atoms with Crippen LogP contribution in [0.2, 0.25) is 0 Å². The molecule has 1 heterocycles. The van der Waals surface area contributed by atoms with E-state index in [4.69, 9.17) is 0 Å². The van der Waals surface area contributed by atoms with Gasteiger partial charge in [-0.1, -0.05) is 24.6 Å². The van der Waals surface area contributed by atoms with Gasteiger partial charge in [0.15, 0.2) is 0 Å². The zero-order chi connectivity index (χ0) is 13.7. The summed E-state index contributed by atoms with van der Waals surface area (Å²) in [6, 6.07) is 10.3. The molecule has 1 aromatic carbocycles. The molecular weight excluding hydrogens is 236 g/mol. The van der Waals surface area contributed by atoms with E-state index in [2.05, 4.69) is 19.2 Å². The highest BCUT2D eigenvalue weighted by atomic mass is 16.2. The molecular formula is C16H24N2O. The second-order valence-corrected chi connectivity index (χ2v) is 5.56. The maximum absolute atomic E-state index is 12.6. The Balaban J connectivity index is 2.05. The van der Waals surface area contributed by atoms with Crippen LogP contribution in [0.25, 0.3) is 0 Å². The molecule has 1 aliphatic heterocycles. The van der Waals surface area contributed by atoms with Crippen LogP contribution in [-0.2, 0) is 0 Å². The van der Waals surface area contributed by atoms with E-state index in [9.17, 15) is 4.79 Å². The molecule has 1 N–H and O–H groups in total. The van der Waals surface area contributed by atoms with Gasteiger partial charge in [0.1, 0.15) is 0 Å². The third-order valence-electron chi connectivity index (χ3n) is 3.73. The summed E-state index contributed by atoms with van der Waals surface area (Å²) < 4.78 is 0. The van der Waals surface area contributed by atoms with Crippen molar-refractivity contribution in [3.8, 4) is 0 Å². The summed E-state index contributed by atoms with van der Waals surface area (Å²) in [5, 5.41) is 3.52. The summed E-state index contributed by atoms with van der Waals surface area (Å²) in [6.45, 7) is 6.06. The highest BCUT2D eigenvalue weighted by Gasteiger charge is 2.23. The van der Waals surface area contributed by atoms with Gasteiger partial charge in [-0.3, -0.25) is 4.79 Å². The lowest BCUT2D eigenvalue weighted by Crippen LogP contribution is -2.48. The van der Waals surface area contributed by atoms with Crippen LogP contribution in [0.5, 0.6) is 0 Å². The minimum absolute atomic E-state index is 0.142. The van der Waals surface area contributed by atoms with Crippen molar-refractivity contribution in [1.82, 2.24) is 10.2 Å². The number of amides is 1. The number of hydrogen-bond acceptors (Lipinski definition) is 2. The smallest absolute Gasteiger partial charge is 0.254 e. The van der Waals surface area contributed by atoms with E-state index in [0.717, 1.165) is 18.7 Å². The number of carbonyl (C=O) groups excluding carboxylic acids is 1. The van der Waals surface area contributed by atoms with E-state index in [0.29, 0.717) is 6.04 Å². The van der Waals surface area contributed by atoms with Gasteiger partial charge in [0.2, 0.25) is 0 Å². The third kappa shape index (κ3) is 3.80. The van der Waals surface area contributed by atoms with Gasteiger partial charge in [0, 0.05) is 24.2 Å². The van der Waals surface area contributed by atoms with E-state index < -0.39 is 0 Å². The van der Waals surface area contributed by atoms with E-state index >= 15 is 0 Å². The number of hydrogen-bond donors (Lipinski definition) is 1. The van der Waals surface area contributed by atoms with E-state index in [1.807, 2.05) is 35.2 Å². The Morgan fingerprint density at radius 1 is 1.32 bits per heavy atom. The molecule has 2 rings (SSSR count). The highest BCUT2D eigenvalue weighted by molar-refractivity contribution is 5.94. The van der Waals surface area contributed by atoms with Crippen LogP contribution in [0.15, 0.2) is 30.3 Å². The zero-order valence-electron chi connectivity index (χ0n) is 11.9. The minimum Gasteiger partial charge on any atom is -0.335 e. The molecule has 1 saturated heterocycles. The molecule has 1 aromatic rings. The zero-order valence-corrected chi connectivity index (χ0v) is 11.9. The lowest BCUT2D eigenvalue weighted by Gasteiger charge is -2.33. The maximum Gasteiger partial charge on any atom is 0.254 e. The van der Waals surface area contributed by atoms with E-state index in [1.54, 1.807) is 0 Å². The van der Waals surface area contributed by atoms with Crippen molar-refractivity contribution < 1.29 is 4.79 Å². The summed E-state index contributed by atoms with van der Waals surface area (Å²) in [4.78, 5) is 14.5. The van der Waals surface area contributed by atoms with Gasteiger partial charge in [0.05, 0.1) is 0 Å². The fourth-order valence-electron chi connectivity index (χ4n) is 2.59. The Morgan fingerprint density at radius 3 is 2.63 bits per heavy atom. The van der Waals surface area contributed by atoms with Gasteiger partial charge in [0.25, 0.3) is 5.91 Å². The first-order valence-electron chi connectivity index (χ1n) is 7.28. The summed E-state index contributed by atoms with van der Waals surface area (Å²) >= 11 is 0. The lowest BCUT2D eigenvalue weighted by atomic mass is 10.0. The number of benzene rings is 1. The van der Waals surface area contributed by atoms with Crippen LogP contribution >= 0.6 is 0 Å². The molecule has 1 fully saturated rings. The number of nitrogens with zero attached hydrogens (tertiary/aromatic N) is 1. The molecule has 0 aromatic heterocycles. The molecule has 3 nitrogen and oxygen atoms in total. The Labute approximate surface area is 116 Å². The van der Waals surface area contributed by atoms with Crippen LogP contribution in [0.4, 0.5) is 0 Å². The highest BCUT2D eigenvalue weighted by Crippen LogP contribution is 2.13. The first-order valence-corrected chi connectivity index (χ1v) is 7.28. The van der Waals surface area contributed by atoms with Gasteiger partial charge in [-0.25, -0.2) is 0 Å². The van der Waals surface area contributed by atoms with Crippen molar-refractivity contribution in [1.29, 1.82) is 0 Å². The number of rotatable bonds is 4. The molecule has 1 aliphatic rings. The van der Waals surface area contributed by atoms with Gasteiger partial charge >= 0.3 is 0 Å². The van der Waals surface area contributed by atoms with Crippen LogP contribution in [-0.4, -0.2) is 36.0 Å². The second kappa shape index (κ2) is 6.71. The predicted molar refractivity (Wildman–Crippen MR) is 78.3 cm³/mol. The molecule has 104 valence electrons. The van der Waals surface area contributed by atoms with Crippen molar-refractivity contribution in [3.63, 3.8) is 0 Å². The largest absolute Gasteiger partial charge is 0.335 e. The fraction of sp³-hybridized carbons (Fsp3) is 0.562. The Morgan fingerprint density at radius 2 is 2.05 bits per heavy atom. The molecule has 0 saturated carbocycles. The monoisotopic (exact) mass is 260 g/mol. The molecule has 1 unspecified atom stereocenters. The van der Waals surface area contributed by atoms with E-state index in [-0.39, 0.29) is 11.9 Å². The van der Waals surface area contributed by atoms with Crippen molar-refractivity contribution in [2.75, 3.05) is 13.1 Å². The summed E-state index contributed by atoms with van der Waals surface area (Å²) in [7, 11) is 0. The lowest BCUT2D eigenvalue weighted by molar-refractivity contribution is 0.0677. The van der Waals surface area contributed by atoms with Gasteiger partial charge in [-0.15, -0.1) is 0 Å². The Kier molecular flexibility index (Phi) is 4.97. The van der Waals surface area contributed by atoms with Crippen LogP contribution in [0.1, 0.15) is 43.5 Å². The van der Waals surface area contributed by atoms with Gasteiger partial charge < -0.3 is 10.2 Å². The van der Waals surface area contributed by atoms with Crippen LogP contribution in [0, 0.1) is 0 Å². The summed E-state index contributed by atoms with van der Waals surface area (Å²) in [5.74, 6) is 0.142. The van der Waals surface area contributed by atoms with Gasteiger partial charge in [-0.05, 0) is 45.4 Å². The summed E-state index contributed by atoms with van der Waals surface area (Å²) in [6.07, 6.45) is 3.69. The molecule has 19 heavy (non-hydrogen) atoms. The van der Waals surface area contributed by atoms with Crippen molar-refractivity contribution in [2.24, 2.45) is 0 Å². The SMILES string of the molecule is CC(C)N(CC1CCCCN1)C(=O)c1ccccc1. The minimum atomic E-state index is 0.142. The molecule has 0 radical (unpaired) electrons. The molecule has 0 spiro atoms. The average molecular weight is 260 g/mol. The number of nitrogens with one attached hydrogen (secondary N) is 1. The average Bonchev–Trinajstić information content (AvgIpc) is 2.46. The first kappa shape index (κ1) is 14.1. The van der Waals surface area contributed by atoms with Crippen molar-refractivity contribution in [3.05, 3.63) is 35.9 Å². The standard InChI is InChI=1S/C16H24N2O/c1-13(2)18(12-15-10-6-7-11-17-15)16(19)14-8-4-3-5-9-14/h3-5,8-9,13,15,17H,6-7,10-12H2,1-2H3. The second-order valence-electron chi connectivity index (χ2n) is 5.56. The fourth-order valence-corrected chi connectivity index (χ4v) is 2.59. The normalized spacial score (nSPS) is 19.4. The molecule has 1 atom stereocenters. The maximum atomic E-state index is 12.6. The van der Waals surface area contributed by atoms with Crippen molar-refractivity contribution in [2.45, 2.75) is 45.2 Å². The molecule has 0 bridgehead atoms. The predicted octanol–water partition coefficient (Wildman–Crippen LogP) is 2.68. The van der Waals surface area contributed by atoms with Crippen molar-refractivity contribution >= 4 is 5.91 Å².